The van der Waals surface area contributed by atoms with Crippen molar-refractivity contribution in [3.8, 4) is 11.5 Å². The van der Waals surface area contributed by atoms with Crippen LogP contribution in [-0.2, 0) is 4.79 Å². The summed E-state index contributed by atoms with van der Waals surface area (Å²) in [5.41, 5.74) is 0.976. The summed E-state index contributed by atoms with van der Waals surface area (Å²) in [5.74, 6) is -0.858. The summed E-state index contributed by atoms with van der Waals surface area (Å²) in [5, 5.41) is 5.40. The Morgan fingerprint density at radius 2 is 1.67 bits per heavy atom. The maximum atomic E-state index is 12.7. The molecule has 1 saturated carbocycles. The Bertz CT molecular complexity index is 836. The second kappa shape index (κ2) is 8.03. The molecule has 0 unspecified atom stereocenters. The van der Waals surface area contributed by atoms with Crippen LogP contribution in [0.5, 0.6) is 11.5 Å². The van der Waals surface area contributed by atoms with Crippen molar-refractivity contribution < 1.29 is 27.8 Å². The molecule has 0 saturated heterocycles. The van der Waals surface area contributed by atoms with E-state index in [-0.39, 0.29) is 28.9 Å². The van der Waals surface area contributed by atoms with E-state index >= 15 is 0 Å². The summed E-state index contributed by atoms with van der Waals surface area (Å²) in [6.07, 6.45) is 1.81. The van der Waals surface area contributed by atoms with Crippen LogP contribution in [0.1, 0.15) is 23.2 Å². The van der Waals surface area contributed by atoms with Crippen molar-refractivity contribution in [2.75, 3.05) is 17.7 Å². The van der Waals surface area contributed by atoms with Gasteiger partial charge in [0.05, 0.1) is 12.7 Å². The van der Waals surface area contributed by atoms with Crippen molar-refractivity contribution in [2.24, 2.45) is 5.92 Å². The van der Waals surface area contributed by atoms with E-state index in [4.69, 9.17) is 4.74 Å². The molecule has 142 valence electrons. The maximum Gasteiger partial charge on any atom is 0.387 e. The lowest BCUT2D eigenvalue weighted by Crippen LogP contribution is -2.16. The zero-order valence-electron chi connectivity index (χ0n) is 14.5. The minimum Gasteiger partial charge on any atom is -0.493 e. The number of methoxy groups -OCH3 is 1. The van der Waals surface area contributed by atoms with E-state index < -0.39 is 12.5 Å². The molecule has 2 aromatic rings. The number of anilines is 2. The van der Waals surface area contributed by atoms with E-state index in [1.54, 1.807) is 24.3 Å². The van der Waals surface area contributed by atoms with Crippen LogP contribution in [0.3, 0.4) is 0 Å². The third-order valence-electron chi connectivity index (χ3n) is 4.01. The molecule has 1 fully saturated rings. The number of carbonyl (C=O) groups is 2. The zero-order chi connectivity index (χ0) is 19.4. The summed E-state index contributed by atoms with van der Waals surface area (Å²) < 4.78 is 34.8. The Morgan fingerprint density at radius 3 is 2.22 bits per heavy atom. The number of hydrogen-bond acceptors (Lipinski definition) is 4. The van der Waals surface area contributed by atoms with E-state index in [0.29, 0.717) is 11.4 Å². The Balaban J connectivity index is 1.72. The summed E-state index contributed by atoms with van der Waals surface area (Å²) in [7, 11) is 1.30. The molecule has 0 aromatic heterocycles. The minimum absolute atomic E-state index is 0.0167. The van der Waals surface area contributed by atoms with Crippen LogP contribution < -0.4 is 20.1 Å². The number of carbonyl (C=O) groups excluding carboxylic acids is 2. The lowest BCUT2D eigenvalue weighted by Gasteiger charge is -2.14. The van der Waals surface area contributed by atoms with Crippen LogP contribution in [0.25, 0.3) is 0 Å². The number of para-hydroxylation sites is 1. The van der Waals surface area contributed by atoms with Crippen molar-refractivity contribution in [3.63, 3.8) is 0 Å². The first kappa shape index (κ1) is 18.6. The Labute approximate surface area is 154 Å². The number of hydrogen-bond donors (Lipinski definition) is 2. The first-order valence-corrected chi connectivity index (χ1v) is 8.32. The molecule has 2 N–H and O–H groups in total. The number of amides is 2. The molecular weight excluding hydrogens is 358 g/mol. The van der Waals surface area contributed by atoms with Crippen molar-refractivity contribution in [1.29, 1.82) is 0 Å². The van der Waals surface area contributed by atoms with Gasteiger partial charge in [-0.3, -0.25) is 9.59 Å². The molecular formula is C19H18F2N2O4. The first-order valence-electron chi connectivity index (χ1n) is 8.32. The van der Waals surface area contributed by atoms with E-state index in [1.807, 2.05) is 0 Å². The predicted octanol–water partition coefficient (Wildman–Crippen LogP) is 3.90. The van der Waals surface area contributed by atoms with Gasteiger partial charge >= 0.3 is 6.61 Å². The standard InChI is InChI=1S/C19H18F2N2O4/c1-26-15-4-2-3-14(16(15)27-19(20)21)18(25)23-13-9-7-12(8-10-13)22-17(24)11-5-6-11/h2-4,7-11,19H,5-6H2,1H3,(H,22,24)(H,23,25). The fraction of sp³-hybridized carbons (Fsp3) is 0.263. The van der Waals surface area contributed by atoms with E-state index in [2.05, 4.69) is 15.4 Å². The molecule has 27 heavy (non-hydrogen) atoms. The highest BCUT2D eigenvalue weighted by Crippen LogP contribution is 2.33. The van der Waals surface area contributed by atoms with Crippen LogP contribution in [0, 0.1) is 5.92 Å². The van der Waals surface area contributed by atoms with Gasteiger partial charge in [0.25, 0.3) is 5.91 Å². The number of nitrogens with one attached hydrogen (secondary N) is 2. The molecule has 0 spiro atoms. The summed E-state index contributed by atoms with van der Waals surface area (Å²) in [4.78, 5) is 24.2. The van der Waals surface area contributed by atoms with Gasteiger partial charge in [0.1, 0.15) is 0 Å². The molecule has 2 aromatic carbocycles. The quantitative estimate of drug-likeness (QED) is 0.768. The first-order chi connectivity index (χ1) is 13.0. The van der Waals surface area contributed by atoms with Gasteiger partial charge in [-0.1, -0.05) is 6.07 Å². The van der Waals surface area contributed by atoms with Gasteiger partial charge in [0.15, 0.2) is 11.5 Å². The molecule has 2 amide bonds. The minimum atomic E-state index is -3.10. The van der Waals surface area contributed by atoms with Crippen molar-refractivity contribution in [2.45, 2.75) is 19.5 Å². The molecule has 0 heterocycles. The molecule has 6 nitrogen and oxygen atoms in total. The number of ether oxygens (including phenoxy) is 2. The molecule has 1 aliphatic carbocycles. The molecule has 0 atom stereocenters. The van der Waals surface area contributed by atoms with Crippen LogP contribution in [0.15, 0.2) is 42.5 Å². The van der Waals surface area contributed by atoms with Gasteiger partial charge in [-0.15, -0.1) is 0 Å². The van der Waals surface area contributed by atoms with Gasteiger partial charge in [-0.2, -0.15) is 8.78 Å². The summed E-state index contributed by atoms with van der Waals surface area (Å²) in [6.45, 7) is -3.10. The van der Waals surface area contributed by atoms with Crippen LogP contribution in [-0.4, -0.2) is 25.5 Å². The topological polar surface area (TPSA) is 76.7 Å². The van der Waals surface area contributed by atoms with Crippen molar-refractivity contribution in [1.82, 2.24) is 0 Å². The second-order valence-electron chi connectivity index (χ2n) is 6.01. The van der Waals surface area contributed by atoms with E-state index in [9.17, 15) is 18.4 Å². The van der Waals surface area contributed by atoms with Gasteiger partial charge in [-0.25, -0.2) is 0 Å². The monoisotopic (exact) mass is 376 g/mol. The average molecular weight is 376 g/mol. The molecule has 3 rings (SSSR count). The van der Waals surface area contributed by atoms with Crippen LogP contribution in [0.4, 0.5) is 20.2 Å². The Hall–Kier alpha value is -3.16. The Kier molecular flexibility index (Phi) is 5.54. The lowest BCUT2D eigenvalue weighted by molar-refractivity contribution is -0.117. The fourth-order valence-electron chi connectivity index (χ4n) is 2.49. The Morgan fingerprint density at radius 1 is 1.04 bits per heavy atom. The second-order valence-corrected chi connectivity index (χ2v) is 6.01. The highest BCUT2D eigenvalue weighted by atomic mass is 19.3. The average Bonchev–Trinajstić information content (AvgIpc) is 3.48. The molecule has 0 bridgehead atoms. The number of halogens is 2. The van der Waals surface area contributed by atoms with E-state index in [1.165, 1.54) is 25.3 Å². The SMILES string of the molecule is COc1cccc(C(=O)Nc2ccc(NC(=O)C3CC3)cc2)c1OC(F)F. The molecule has 0 radical (unpaired) electrons. The predicted molar refractivity (Wildman–Crippen MR) is 95.4 cm³/mol. The van der Waals surface area contributed by atoms with Gasteiger partial charge < -0.3 is 20.1 Å². The number of benzene rings is 2. The van der Waals surface area contributed by atoms with Crippen molar-refractivity contribution in [3.05, 3.63) is 48.0 Å². The van der Waals surface area contributed by atoms with E-state index in [0.717, 1.165) is 12.8 Å². The van der Waals surface area contributed by atoms with Crippen molar-refractivity contribution >= 4 is 23.2 Å². The highest BCUT2D eigenvalue weighted by Gasteiger charge is 2.29. The number of rotatable bonds is 7. The normalized spacial score (nSPS) is 13.2. The van der Waals surface area contributed by atoms with Gasteiger partial charge in [0, 0.05) is 17.3 Å². The van der Waals surface area contributed by atoms with Gasteiger partial charge in [0.2, 0.25) is 5.91 Å². The fourth-order valence-corrected chi connectivity index (χ4v) is 2.49. The third-order valence-corrected chi connectivity index (χ3v) is 4.01. The molecule has 8 heteroatoms. The number of alkyl halides is 2. The molecule has 0 aliphatic heterocycles. The van der Waals surface area contributed by atoms with Crippen LogP contribution >= 0.6 is 0 Å². The smallest absolute Gasteiger partial charge is 0.387 e. The highest BCUT2D eigenvalue weighted by molar-refractivity contribution is 6.07. The van der Waals surface area contributed by atoms with Crippen LogP contribution in [0.2, 0.25) is 0 Å². The maximum absolute atomic E-state index is 12.7. The largest absolute Gasteiger partial charge is 0.493 e. The summed E-state index contributed by atoms with van der Waals surface area (Å²) in [6, 6.07) is 10.8. The third kappa shape index (κ3) is 4.72. The van der Waals surface area contributed by atoms with Gasteiger partial charge in [-0.05, 0) is 49.2 Å². The molecule has 1 aliphatic rings. The summed E-state index contributed by atoms with van der Waals surface area (Å²) >= 11 is 0. The lowest BCUT2D eigenvalue weighted by atomic mass is 10.1. The zero-order valence-corrected chi connectivity index (χ0v) is 14.5.